The monoisotopic (exact) mass is 441 g/mol. The van der Waals surface area contributed by atoms with E-state index in [9.17, 15) is 4.79 Å². The van der Waals surface area contributed by atoms with Gasteiger partial charge in [-0.1, -0.05) is 17.7 Å². The summed E-state index contributed by atoms with van der Waals surface area (Å²) in [4.78, 5) is 23.1. The third-order valence-corrected chi connectivity index (χ3v) is 5.42. The fourth-order valence-electron chi connectivity index (χ4n) is 3.60. The Labute approximate surface area is 184 Å². The first-order chi connectivity index (χ1) is 14.6. The minimum Gasteiger partial charge on any atom is -0.465 e. The summed E-state index contributed by atoms with van der Waals surface area (Å²) in [5.41, 5.74) is 1.74. The van der Waals surface area contributed by atoms with E-state index in [-0.39, 0.29) is 24.6 Å². The van der Waals surface area contributed by atoms with Crippen LogP contribution in [0, 0.1) is 0 Å². The van der Waals surface area contributed by atoms with E-state index in [0.717, 1.165) is 11.4 Å². The molecule has 0 radical (unpaired) electrons. The van der Waals surface area contributed by atoms with Crippen molar-refractivity contribution in [2.45, 2.75) is 19.0 Å². The molecule has 0 aromatic carbocycles. The Kier molecular flexibility index (Phi) is 5.96. The zero-order valence-electron chi connectivity index (χ0n) is 16.2. The fourth-order valence-corrected chi connectivity index (χ4v) is 4.01. The van der Waals surface area contributed by atoms with Crippen LogP contribution in [0.5, 0.6) is 0 Å². The molecule has 1 aliphatic rings. The number of carbonyl (C=O) groups is 1. The van der Waals surface area contributed by atoms with Gasteiger partial charge in [0.2, 0.25) is 0 Å². The lowest BCUT2D eigenvalue weighted by molar-refractivity contribution is -0.143. The Morgan fingerprint density at radius 1 is 1.23 bits per heavy atom. The molecular formula is C21H20ClN5O2S. The number of ether oxygens (including phenoxy) is 1. The Morgan fingerprint density at radius 3 is 2.80 bits per heavy atom. The van der Waals surface area contributed by atoms with E-state index in [2.05, 4.69) is 15.3 Å². The summed E-state index contributed by atoms with van der Waals surface area (Å²) in [5.74, 6) is 0.379. The molecule has 4 heterocycles. The summed E-state index contributed by atoms with van der Waals surface area (Å²) in [6.07, 6.45) is 5.26. The summed E-state index contributed by atoms with van der Waals surface area (Å²) in [6.45, 7) is 2.13. The molecule has 0 unspecified atom stereocenters. The number of thiocarbonyl (C=S) groups is 1. The topological polar surface area (TPSA) is 72.3 Å². The van der Waals surface area contributed by atoms with Gasteiger partial charge in [0.1, 0.15) is 12.4 Å². The maximum absolute atomic E-state index is 12.3. The molecule has 1 aliphatic heterocycles. The molecule has 2 atom stereocenters. The lowest BCUT2D eigenvalue weighted by atomic mass is 10.0. The summed E-state index contributed by atoms with van der Waals surface area (Å²) in [5, 5.41) is 4.36. The number of aromatic nitrogens is 3. The van der Waals surface area contributed by atoms with Gasteiger partial charge < -0.3 is 19.5 Å². The second-order valence-electron chi connectivity index (χ2n) is 6.70. The van der Waals surface area contributed by atoms with Crippen molar-refractivity contribution in [1.82, 2.24) is 24.8 Å². The SMILES string of the molecule is CCOC(=O)CN1C(=S)N[C@@H](c2ccccn2)[C@@H]1c1cccn1-c1ccc(Cl)cn1. The summed E-state index contributed by atoms with van der Waals surface area (Å²) in [6, 6.07) is 12.8. The van der Waals surface area contributed by atoms with Crippen LogP contribution < -0.4 is 5.32 Å². The van der Waals surface area contributed by atoms with Crippen molar-refractivity contribution in [2.75, 3.05) is 13.2 Å². The van der Waals surface area contributed by atoms with Gasteiger partial charge in [-0.3, -0.25) is 9.78 Å². The van der Waals surface area contributed by atoms with Gasteiger partial charge in [0, 0.05) is 24.3 Å². The molecule has 0 aliphatic carbocycles. The Balaban J connectivity index is 1.77. The second-order valence-corrected chi connectivity index (χ2v) is 7.52. The van der Waals surface area contributed by atoms with Crippen LogP contribution in [0.25, 0.3) is 5.82 Å². The number of hydrogen-bond acceptors (Lipinski definition) is 5. The zero-order chi connectivity index (χ0) is 21.1. The van der Waals surface area contributed by atoms with Gasteiger partial charge in [-0.15, -0.1) is 0 Å². The molecule has 1 saturated heterocycles. The van der Waals surface area contributed by atoms with Crippen molar-refractivity contribution < 1.29 is 9.53 Å². The van der Waals surface area contributed by atoms with Gasteiger partial charge in [0.15, 0.2) is 5.11 Å². The normalized spacial score (nSPS) is 18.3. The average Bonchev–Trinajstić information content (AvgIpc) is 3.34. The predicted octanol–water partition coefficient (Wildman–Crippen LogP) is 3.46. The molecule has 30 heavy (non-hydrogen) atoms. The van der Waals surface area contributed by atoms with Gasteiger partial charge in [-0.05, 0) is 55.5 Å². The van der Waals surface area contributed by atoms with Gasteiger partial charge in [0.25, 0.3) is 0 Å². The van der Waals surface area contributed by atoms with E-state index in [4.69, 9.17) is 28.6 Å². The molecule has 7 nitrogen and oxygen atoms in total. The second kappa shape index (κ2) is 8.81. The van der Waals surface area contributed by atoms with Crippen LogP contribution in [0.4, 0.5) is 0 Å². The van der Waals surface area contributed by atoms with Crippen LogP contribution in [-0.2, 0) is 9.53 Å². The van der Waals surface area contributed by atoms with E-state index in [1.165, 1.54) is 0 Å². The van der Waals surface area contributed by atoms with Crippen LogP contribution in [0.1, 0.15) is 30.4 Å². The largest absolute Gasteiger partial charge is 0.465 e. The van der Waals surface area contributed by atoms with E-state index < -0.39 is 0 Å². The highest BCUT2D eigenvalue weighted by atomic mass is 35.5. The maximum atomic E-state index is 12.3. The number of carbonyl (C=O) groups excluding carboxylic acids is 1. The van der Waals surface area contributed by atoms with Crippen LogP contribution >= 0.6 is 23.8 Å². The van der Waals surface area contributed by atoms with Gasteiger partial charge >= 0.3 is 5.97 Å². The highest BCUT2D eigenvalue weighted by Gasteiger charge is 2.42. The number of nitrogens with zero attached hydrogens (tertiary/aromatic N) is 4. The first-order valence-electron chi connectivity index (χ1n) is 9.51. The number of rotatable bonds is 6. The van der Waals surface area contributed by atoms with Crippen molar-refractivity contribution in [3.8, 4) is 5.82 Å². The van der Waals surface area contributed by atoms with E-state index in [0.29, 0.717) is 22.6 Å². The van der Waals surface area contributed by atoms with Crippen LogP contribution in [0.15, 0.2) is 61.1 Å². The molecule has 0 saturated carbocycles. The molecular weight excluding hydrogens is 422 g/mol. The molecule has 3 aromatic heterocycles. The molecule has 1 N–H and O–H groups in total. The number of hydrogen-bond donors (Lipinski definition) is 1. The van der Waals surface area contributed by atoms with Crippen LogP contribution in [-0.4, -0.2) is 43.7 Å². The first-order valence-corrected chi connectivity index (χ1v) is 10.3. The number of nitrogens with one attached hydrogen (secondary N) is 1. The molecule has 0 spiro atoms. The van der Waals surface area contributed by atoms with Crippen molar-refractivity contribution in [2.24, 2.45) is 0 Å². The van der Waals surface area contributed by atoms with Crippen LogP contribution in [0.3, 0.4) is 0 Å². The van der Waals surface area contributed by atoms with Crippen molar-refractivity contribution >= 4 is 34.9 Å². The number of esters is 1. The summed E-state index contributed by atoms with van der Waals surface area (Å²) in [7, 11) is 0. The van der Waals surface area contributed by atoms with Crippen molar-refractivity contribution in [1.29, 1.82) is 0 Å². The maximum Gasteiger partial charge on any atom is 0.325 e. The standard InChI is InChI=1S/C21H20ClN5O2S/c1-2-29-18(28)13-27-20(19(25-21(27)30)15-6-3-4-10-23-15)16-7-5-11-26(16)17-9-8-14(22)12-24-17/h3-12,19-20H,2,13H2,1H3,(H,25,30)/t19-,20-/m0/s1. The van der Waals surface area contributed by atoms with Crippen molar-refractivity contribution in [3.63, 3.8) is 0 Å². The van der Waals surface area contributed by atoms with Crippen LogP contribution in [0.2, 0.25) is 5.02 Å². The van der Waals surface area contributed by atoms with Crippen molar-refractivity contribution in [3.05, 3.63) is 77.5 Å². The Hall–Kier alpha value is -2.97. The predicted molar refractivity (Wildman–Crippen MR) is 117 cm³/mol. The summed E-state index contributed by atoms with van der Waals surface area (Å²) >= 11 is 11.6. The minimum absolute atomic E-state index is 0.0346. The van der Waals surface area contributed by atoms with E-state index in [1.54, 1.807) is 25.4 Å². The lowest BCUT2D eigenvalue weighted by Gasteiger charge is -2.28. The molecule has 154 valence electrons. The Bertz CT molecular complexity index is 1040. The first kappa shape index (κ1) is 20.3. The number of pyridine rings is 2. The minimum atomic E-state index is -0.337. The van der Waals surface area contributed by atoms with E-state index in [1.807, 2.05) is 52.1 Å². The van der Waals surface area contributed by atoms with E-state index >= 15 is 0 Å². The average molecular weight is 442 g/mol. The van der Waals surface area contributed by atoms with Gasteiger partial charge in [0.05, 0.1) is 29.4 Å². The quantitative estimate of drug-likeness (QED) is 0.464. The molecule has 3 aromatic rings. The van der Waals surface area contributed by atoms with Gasteiger partial charge in [-0.2, -0.15) is 0 Å². The smallest absolute Gasteiger partial charge is 0.325 e. The third-order valence-electron chi connectivity index (χ3n) is 4.84. The molecule has 0 amide bonds. The Morgan fingerprint density at radius 2 is 2.10 bits per heavy atom. The summed E-state index contributed by atoms with van der Waals surface area (Å²) < 4.78 is 7.13. The fraction of sp³-hybridized carbons (Fsp3) is 0.238. The highest BCUT2D eigenvalue weighted by molar-refractivity contribution is 7.80. The molecule has 1 fully saturated rings. The number of halogens is 1. The van der Waals surface area contributed by atoms with Gasteiger partial charge in [-0.25, -0.2) is 4.98 Å². The lowest BCUT2D eigenvalue weighted by Crippen LogP contribution is -2.36. The highest BCUT2D eigenvalue weighted by Crippen LogP contribution is 2.39. The molecule has 9 heteroatoms. The zero-order valence-corrected chi connectivity index (χ0v) is 17.8. The molecule has 4 rings (SSSR count). The third kappa shape index (κ3) is 4.01. The molecule has 0 bridgehead atoms.